The first-order valence-corrected chi connectivity index (χ1v) is 5.35. The minimum Gasteiger partial charge on any atom is -0.310 e. The maximum Gasteiger partial charge on any atom is 0.155 e. The van der Waals surface area contributed by atoms with Gasteiger partial charge in [-0.05, 0) is 19.8 Å². The highest BCUT2D eigenvalue weighted by atomic mass is 15.2. The molecule has 4 nitrogen and oxygen atoms in total. The van der Waals surface area contributed by atoms with Crippen molar-refractivity contribution in [3.05, 3.63) is 29.7 Å². The summed E-state index contributed by atoms with van der Waals surface area (Å²) in [6, 6.07) is 2.72. The topological polar surface area (TPSA) is 42.2 Å². The third-order valence-electron chi connectivity index (χ3n) is 2.66. The van der Waals surface area contributed by atoms with E-state index < -0.39 is 0 Å². The molecule has 78 valence electrons. The molecule has 1 aliphatic rings. The monoisotopic (exact) mass is 202 g/mol. The van der Waals surface area contributed by atoms with Crippen molar-refractivity contribution < 1.29 is 0 Å². The molecule has 1 aliphatic carbocycles. The van der Waals surface area contributed by atoms with Crippen molar-refractivity contribution in [3.8, 4) is 0 Å². The Morgan fingerprint density at radius 3 is 3.20 bits per heavy atom. The normalized spacial score (nSPS) is 16.1. The molecule has 0 atom stereocenters. The van der Waals surface area contributed by atoms with Crippen molar-refractivity contribution in [1.82, 2.24) is 19.9 Å². The van der Waals surface area contributed by atoms with Gasteiger partial charge in [0.25, 0.3) is 0 Å². The van der Waals surface area contributed by atoms with Crippen molar-refractivity contribution in [3.63, 3.8) is 0 Å². The van der Waals surface area contributed by atoms with E-state index in [-0.39, 0.29) is 0 Å². The molecule has 0 bridgehead atoms. The van der Waals surface area contributed by atoms with Crippen LogP contribution in [0.3, 0.4) is 0 Å². The quantitative estimate of drug-likeness (QED) is 0.815. The second-order valence-corrected chi connectivity index (χ2v) is 4.21. The van der Waals surface area contributed by atoms with E-state index in [0.717, 1.165) is 23.9 Å². The molecule has 0 aliphatic heterocycles. The van der Waals surface area contributed by atoms with E-state index in [1.165, 1.54) is 18.4 Å². The molecule has 2 heterocycles. The van der Waals surface area contributed by atoms with E-state index in [0.29, 0.717) is 0 Å². The molecule has 4 heteroatoms. The standard InChI is InChI=1S/C11H14N4/c1-8-4-11-13-6-9(7-15(11)14-8)5-12-10-2-3-10/h4,6-7,10,12H,2-3,5H2,1H3. The molecule has 3 rings (SSSR count). The van der Waals surface area contributed by atoms with E-state index in [9.17, 15) is 0 Å². The van der Waals surface area contributed by atoms with Crippen LogP contribution in [0, 0.1) is 6.92 Å². The van der Waals surface area contributed by atoms with E-state index in [1.807, 2.05) is 29.9 Å². The molecule has 2 aromatic rings. The number of nitrogens with zero attached hydrogens (tertiary/aromatic N) is 3. The number of aryl methyl sites for hydroxylation is 1. The van der Waals surface area contributed by atoms with Crippen LogP contribution in [0.4, 0.5) is 0 Å². The molecular weight excluding hydrogens is 188 g/mol. The van der Waals surface area contributed by atoms with E-state index in [1.54, 1.807) is 0 Å². The Labute approximate surface area is 88.3 Å². The molecule has 0 aromatic carbocycles. The zero-order valence-electron chi connectivity index (χ0n) is 8.77. The molecule has 2 aromatic heterocycles. The molecule has 0 saturated heterocycles. The number of nitrogens with one attached hydrogen (secondary N) is 1. The predicted octanol–water partition coefficient (Wildman–Crippen LogP) is 1.29. The average Bonchev–Trinajstić information content (AvgIpc) is 2.96. The van der Waals surface area contributed by atoms with E-state index in [4.69, 9.17) is 0 Å². The van der Waals surface area contributed by atoms with Gasteiger partial charge in [0, 0.05) is 36.6 Å². The summed E-state index contributed by atoms with van der Waals surface area (Å²) in [5.74, 6) is 0. The Morgan fingerprint density at radius 2 is 2.40 bits per heavy atom. The average molecular weight is 202 g/mol. The van der Waals surface area contributed by atoms with E-state index >= 15 is 0 Å². The fourth-order valence-electron chi connectivity index (χ4n) is 1.67. The highest BCUT2D eigenvalue weighted by Crippen LogP contribution is 2.19. The Morgan fingerprint density at radius 1 is 1.53 bits per heavy atom. The Kier molecular flexibility index (Phi) is 1.95. The fraction of sp³-hybridized carbons (Fsp3) is 0.455. The van der Waals surface area contributed by atoms with Crippen LogP contribution < -0.4 is 5.32 Å². The lowest BCUT2D eigenvalue weighted by atomic mass is 10.3. The molecular formula is C11H14N4. The van der Waals surface area contributed by atoms with Gasteiger partial charge in [0.15, 0.2) is 5.65 Å². The van der Waals surface area contributed by atoms with Crippen LogP contribution in [0.15, 0.2) is 18.5 Å². The fourth-order valence-corrected chi connectivity index (χ4v) is 1.67. The second-order valence-electron chi connectivity index (χ2n) is 4.21. The van der Waals surface area contributed by atoms with Gasteiger partial charge in [0.05, 0.1) is 5.69 Å². The van der Waals surface area contributed by atoms with Crippen LogP contribution in [0.25, 0.3) is 5.65 Å². The maximum absolute atomic E-state index is 4.36. The van der Waals surface area contributed by atoms with Crippen molar-refractivity contribution in [2.24, 2.45) is 0 Å². The summed E-state index contributed by atoms with van der Waals surface area (Å²) in [6.07, 6.45) is 6.60. The third-order valence-corrected chi connectivity index (χ3v) is 2.66. The van der Waals surface area contributed by atoms with Gasteiger partial charge in [0.1, 0.15) is 0 Å². The van der Waals surface area contributed by atoms with Crippen LogP contribution in [0.1, 0.15) is 24.1 Å². The molecule has 0 amide bonds. The molecule has 0 spiro atoms. The first-order valence-electron chi connectivity index (χ1n) is 5.35. The molecule has 1 fully saturated rings. The van der Waals surface area contributed by atoms with Gasteiger partial charge in [0.2, 0.25) is 0 Å². The van der Waals surface area contributed by atoms with Gasteiger partial charge < -0.3 is 5.32 Å². The predicted molar refractivity (Wildman–Crippen MR) is 57.6 cm³/mol. The molecule has 0 radical (unpaired) electrons. The van der Waals surface area contributed by atoms with Crippen molar-refractivity contribution >= 4 is 5.65 Å². The zero-order chi connectivity index (χ0) is 10.3. The summed E-state index contributed by atoms with van der Waals surface area (Å²) < 4.78 is 1.85. The van der Waals surface area contributed by atoms with Gasteiger partial charge >= 0.3 is 0 Å². The van der Waals surface area contributed by atoms with Crippen LogP contribution >= 0.6 is 0 Å². The van der Waals surface area contributed by atoms with E-state index in [2.05, 4.69) is 15.4 Å². The Balaban J connectivity index is 1.84. The van der Waals surface area contributed by atoms with Crippen LogP contribution in [-0.2, 0) is 6.54 Å². The number of hydrogen-bond acceptors (Lipinski definition) is 3. The molecule has 1 saturated carbocycles. The highest BCUT2D eigenvalue weighted by Gasteiger charge is 2.19. The van der Waals surface area contributed by atoms with Crippen molar-refractivity contribution in [1.29, 1.82) is 0 Å². The number of aromatic nitrogens is 3. The SMILES string of the molecule is Cc1cc2ncc(CNC3CC3)cn2n1. The summed E-state index contributed by atoms with van der Waals surface area (Å²) in [4.78, 5) is 4.36. The number of fused-ring (bicyclic) bond motifs is 1. The highest BCUT2D eigenvalue weighted by molar-refractivity contribution is 5.38. The summed E-state index contributed by atoms with van der Waals surface area (Å²) in [6.45, 7) is 2.88. The lowest BCUT2D eigenvalue weighted by molar-refractivity contribution is 0.680. The summed E-state index contributed by atoms with van der Waals surface area (Å²) in [7, 11) is 0. The zero-order valence-corrected chi connectivity index (χ0v) is 8.77. The second kappa shape index (κ2) is 3.31. The maximum atomic E-state index is 4.36. The van der Waals surface area contributed by atoms with Gasteiger partial charge in [-0.3, -0.25) is 0 Å². The summed E-state index contributed by atoms with van der Waals surface area (Å²) in [5.41, 5.74) is 3.12. The molecule has 1 N–H and O–H groups in total. The number of hydrogen-bond donors (Lipinski definition) is 1. The minimum atomic E-state index is 0.736. The summed E-state index contributed by atoms with van der Waals surface area (Å²) in [5, 5.41) is 7.81. The lowest BCUT2D eigenvalue weighted by Crippen LogP contribution is -2.15. The minimum absolute atomic E-state index is 0.736. The third kappa shape index (κ3) is 1.85. The van der Waals surface area contributed by atoms with Crippen molar-refractivity contribution in [2.75, 3.05) is 0 Å². The van der Waals surface area contributed by atoms with Crippen LogP contribution in [-0.4, -0.2) is 20.6 Å². The Bertz CT molecular complexity index is 484. The van der Waals surface area contributed by atoms with Gasteiger partial charge in [-0.2, -0.15) is 5.10 Å². The summed E-state index contributed by atoms with van der Waals surface area (Å²) >= 11 is 0. The molecule has 15 heavy (non-hydrogen) atoms. The first-order chi connectivity index (χ1) is 7.31. The smallest absolute Gasteiger partial charge is 0.155 e. The van der Waals surface area contributed by atoms with Crippen LogP contribution in [0.5, 0.6) is 0 Å². The first kappa shape index (κ1) is 8.85. The van der Waals surface area contributed by atoms with Gasteiger partial charge in [-0.15, -0.1) is 0 Å². The molecule has 0 unspecified atom stereocenters. The Hall–Kier alpha value is -1.42. The van der Waals surface area contributed by atoms with Gasteiger partial charge in [-0.1, -0.05) is 0 Å². The largest absolute Gasteiger partial charge is 0.310 e. The van der Waals surface area contributed by atoms with Crippen molar-refractivity contribution in [2.45, 2.75) is 32.4 Å². The van der Waals surface area contributed by atoms with Crippen LogP contribution in [0.2, 0.25) is 0 Å². The number of rotatable bonds is 3. The lowest BCUT2D eigenvalue weighted by Gasteiger charge is -2.02. The van der Waals surface area contributed by atoms with Gasteiger partial charge in [-0.25, -0.2) is 9.50 Å².